The fraction of sp³-hybridized carbons (Fsp3) is 0.882. The third-order valence-corrected chi connectivity index (χ3v) is 4.10. The minimum atomic E-state index is -0.759. The van der Waals surface area contributed by atoms with Crippen molar-refractivity contribution in [3.05, 3.63) is 0 Å². The summed E-state index contributed by atoms with van der Waals surface area (Å²) in [5, 5.41) is 3.26. The Hall–Kier alpha value is -1.30. The Labute approximate surface area is 140 Å². The number of primary amides is 1. The number of nitrogens with one attached hydrogen (secondary N) is 1. The molecule has 2 atom stereocenters. The Balaban J connectivity index is 2.68. The Kier molecular flexibility index (Phi) is 6.45. The molecule has 0 aromatic carbocycles. The number of rotatable bonds is 5. The molecule has 1 saturated heterocycles. The van der Waals surface area contributed by atoms with E-state index in [4.69, 9.17) is 10.5 Å². The predicted octanol–water partition coefficient (Wildman–Crippen LogP) is 2.41. The average Bonchev–Trinajstić information content (AvgIpc) is 2.36. The van der Waals surface area contributed by atoms with Gasteiger partial charge in [-0.3, -0.25) is 4.79 Å². The van der Waals surface area contributed by atoms with E-state index < -0.39 is 11.1 Å². The Bertz CT molecular complexity index is 429. The normalized spacial score (nSPS) is 21.0. The molecule has 6 heteroatoms. The summed E-state index contributed by atoms with van der Waals surface area (Å²) in [6.07, 6.45) is 3.60. The van der Waals surface area contributed by atoms with Crippen LogP contribution in [0.4, 0.5) is 4.79 Å². The van der Waals surface area contributed by atoms with E-state index in [1.165, 1.54) is 0 Å². The first-order valence-electron chi connectivity index (χ1n) is 8.49. The number of hydrogen-bond donors (Lipinski definition) is 2. The van der Waals surface area contributed by atoms with Gasteiger partial charge in [0.1, 0.15) is 5.60 Å². The highest BCUT2D eigenvalue weighted by Gasteiger charge is 2.33. The zero-order valence-corrected chi connectivity index (χ0v) is 15.4. The quantitative estimate of drug-likeness (QED) is 0.812. The SMILES string of the molecule is CC(CC1CCCCN1C(=O)OC(C)(C)C)NC(C)(C)C(N)=O. The monoisotopic (exact) mass is 327 g/mol. The van der Waals surface area contributed by atoms with Gasteiger partial charge in [-0.25, -0.2) is 4.79 Å². The molecule has 1 aliphatic rings. The lowest BCUT2D eigenvalue weighted by atomic mass is 9.95. The number of amides is 2. The third-order valence-electron chi connectivity index (χ3n) is 4.10. The van der Waals surface area contributed by atoms with Crippen molar-refractivity contribution in [2.24, 2.45) is 5.73 Å². The highest BCUT2D eigenvalue weighted by molar-refractivity contribution is 5.83. The molecule has 0 saturated carbocycles. The summed E-state index contributed by atoms with van der Waals surface area (Å²) < 4.78 is 5.52. The summed E-state index contributed by atoms with van der Waals surface area (Å²) in [6.45, 7) is 11.9. The third kappa shape index (κ3) is 6.37. The Morgan fingerprint density at radius 3 is 2.39 bits per heavy atom. The fourth-order valence-corrected chi connectivity index (χ4v) is 2.96. The lowest BCUT2D eigenvalue weighted by molar-refractivity contribution is -0.123. The highest BCUT2D eigenvalue weighted by atomic mass is 16.6. The summed E-state index contributed by atoms with van der Waals surface area (Å²) in [4.78, 5) is 25.7. The van der Waals surface area contributed by atoms with Gasteiger partial charge in [-0.05, 0) is 67.2 Å². The van der Waals surface area contributed by atoms with Gasteiger partial charge in [0, 0.05) is 18.6 Å². The number of likely N-dealkylation sites (tertiary alicyclic amines) is 1. The molecule has 2 amide bonds. The van der Waals surface area contributed by atoms with Gasteiger partial charge < -0.3 is 20.7 Å². The summed E-state index contributed by atoms with van der Waals surface area (Å²) >= 11 is 0. The second-order valence-electron chi connectivity index (χ2n) is 8.09. The standard InChI is InChI=1S/C17H33N3O3/c1-12(19-17(5,6)14(18)21)11-13-9-7-8-10-20(13)15(22)23-16(2,3)4/h12-13,19H,7-11H2,1-6H3,(H2,18,21). The first-order chi connectivity index (χ1) is 10.4. The molecule has 6 nitrogen and oxygen atoms in total. The number of carbonyl (C=O) groups is 2. The first-order valence-corrected chi connectivity index (χ1v) is 8.49. The van der Waals surface area contributed by atoms with Gasteiger partial charge in [-0.1, -0.05) is 0 Å². The summed E-state index contributed by atoms with van der Waals surface area (Å²) in [6, 6.07) is 0.204. The van der Waals surface area contributed by atoms with Crippen LogP contribution >= 0.6 is 0 Å². The number of nitrogens with zero attached hydrogens (tertiary/aromatic N) is 1. The molecule has 2 unspecified atom stereocenters. The predicted molar refractivity (Wildman–Crippen MR) is 91.1 cm³/mol. The van der Waals surface area contributed by atoms with Crippen LogP contribution in [0.3, 0.4) is 0 Å². The van der Waals surface area contributed by atoms with Crippen LogP contribution in [0.2, 0.25) is 0 Å². The van der Waals surface area contributed by atoms with Crippen molar-refractivity contribution < 1.29 is 14.3 Å². The van der Waals surface area contributed by atoms with E-state index in [-0.39, 0.29) is 24.1 Å². The number of ether oxygens (including phenoxy) is 1. The second-order valence-corrected chi connectivity index (χ2v) is 8.09. The molecule has 3 N–H and O–H groups in total. The molecule has 0 spiro atoms. The van der Waals surface area contributed by atoms with Crippen LogP contribution in [0.1, 0.15) is 67.2 Å². The summed E-state index contributed by atoms with van der Waals surface area (Å²) in [5.74, 6) is -0.378. The van der Waals surface area contributed by atoms with E-state index in [1.807, 2.05) is 32.6 Å². The average molecular weight is 327 g/mol. The van der Waals surface area contributed by atoms with Crippen LogP contribution in [0.25, 0.3) is 0 Å². The maximum atomic E-state index is 12.4. The Morgan fingerprint density at radius 1 is 1.26 bits per heavy atom. The second kappa shape index (κ2) is 7.51. The van der Waals surface area contributed by atoms with Crippen LogP contribution < -0.4 is 11.1 Å². The van der Waals surface area contributed by atoms with E-state index in [9.17, 15) is 9.59 Å². The van der Waals surface area contributed by atoms with Crippen LogP contribution in [-0.2, 0) is 9.53 Å². The van der Waals surface area contributed by atoms with Gasteiger partial charge >= 0.3 is 6.09 Å². The zero-order chi connectivity index (χ0) is 17.8. The van der Waals surface area contributed by atoms with Gasteiger partial charge in [0.25, 0.3) is 0 Å². The van der Waals surface area contributed by atoms with Crippen molar-refractivity contribution in [3.8, 4) is 0 Å². The van der Waals surface area contributed by atoms with Crippen molar-refractivity contribution in [3.63, 3.8) is 0 Å². The molecular weight excluding hydrogens is 294 g/mol. The maximum Gasteiger partial charge on any atom is 0.410 e. The molecule has 23 heavy (non-hydrogen) atoms. The molecular formula is C17H33N3O3. The van der Waals surface area contributed by atoms with E-state index in [1.54, 1.807) is 13.8 Å². The topological polar surface area (TPSA) is 84.7 Å². The number of piperidine rings is 1. The van der Waals surface area contributed by atoms with Crippen molar-refractivity contribution in [1.29, 1.82) is 0 Å². The summed E-state index contributed by atoms with van der Waals surface area (Å²) in [7, 11) is 0. The molecule has 0 radical (unpaired) electrons. The van der Waals surface area contributed by atoms with Crippen LogP contribution in [0, 0.1) is 0 Å². The molecule has 1 aliphatic heterocycles. The maximum absolute atomic E-state index is 12.4. The molecule has 0 bridgehead atoms. The largest absolute Gasteiger partial charge is 0.444 e. The molecule has 0 aromatic heterocycles. The van der Waals surface area contributed by atoms with Gasteiger partial charge in [-0.15, -0.1) is 0 Å². The molecule has 1 rings (SSSR count). The van der Waals surface area contributed by atoms with Gasteiger partial charge in [0.05, 0.1) is 5.54 Å². The Morgan fingerprint density at radius 2 is 1.87 bits per heavy atom. The molecule has 0 aromatic rings. The van der Waals surface area contributed by atoms with Gasteiger partial charge in [-0.2, -0.15) is 0 Å². The molecule has 1 heterocycles. The van der Waals surface area contributed by atoms with Crippen LogP contribution in [0.15, 0.2) is 0 Å². The van der Waals surface area contributed by atoms with Crippen LogP contribution in [0.5, 0.6) is 0 Å². The van der Waals surface area contributed by atoms with Gasteiger partial charge in [0.15, 0.2) is 0 Å². The van der Waals surface area contributed by atoms with E-state index in [0.29, 0.717) is 0 Å². The molecule has 134 valence electrons. The highest BCUT2D eigenvalue weighted by Crippen LogP contribution is 2.24. The van der Waals surface area contributed by atoms with Crippen molar-refractivity contribution in [1.82, 2.24) is 10.2 Å². The minimum Gasteiger partial charge on any atom is -0.444 e. The van der Waals surface area contributed by atoms with E-state index in [0.717, 1.165) is 32.2 Å². The van der Waals surface area contributed by atoms with Crippen molar-refractivity contribution >= 4 is 12.0 Å². The molecule has 1 fully saturated rings. The minimum absolute atomic E-state index is 0.0746. The summed E-state index contributed by atoms with van der Waals surface area (Å²) in [5.41, 5.74) is 4.16. The smallest absolute Gasteiger partial charge is 0.410 e. The van der Waals surface area contributed by atoms with Crippen molar-refractivity contribution in [2.75, 3.05) is 6.54 Å². The van der Waals surface area contributed by atoms with Crippen molar-refractivity contribution in [2.45, 2.75) is 90.4 Å². The number of hydrogen-bond acceptors (Lipinski definition) is 4. The molecule has 0 aliphatic carbocycles. The van der Waals surface area contributed by atoms with E-state index in [2.05, 4.69) is 5.32 Å². The van der Waals surface area contributed by atoms with Gasteiger partial charge in [0.2, 0.25) is 5.91 Å². The first kappa shape index (κ1) is 19.7. The number of nitrogens with two attached hydrogens (primary N) is 1. The number of carbonyl (C=O) groups excluding carboxylic acids is 2. The fourth-order valence-electron chi connectivity index (χ4n) is 2.96. The van der Waals surface area contributed by atoms with E-state index >= 15 is 0 Å². The van der Waals surface area contributed by atoms with Crippen LogP contribution in [-0.4, -0.2) is 46.7 Å². The lowest BCUT2D eigenvalue weighted by Crippen LogP contribution is -2.55. The zero-order valence-electron chi connectivity index (χ0n) is 15.4. The lowest BCUT2D eigenvalue weighted by Gasteiger charge is -2.39.